The highest BCUT2D eigenvalue weighted by molar-refractivity contribution is 6.42. The van der Waals surface area contributed by atoms with Crippen molar-refractivity contribution in [2.75, 3.05) is 0 Å². The van der Waals surface area contributed by atoms with Crippen LogP contribution in [0.4, 0.5) is 0 Å². The van der Waals surface area contributed by atoms with Gasteiger partial charge in [-0.2, -0.15) is 0 Å². The lowest BCUT2D eigenvalue weighted by Crippen LogP contribution is -1.91. The fourth-order valence-electron chi connectivity index (χ4n) is 1.70. The number of rotatable bonds is 3. The zero-order valence-corrected chi connectivity index (χ0v) is 10.7. The van der Waals surface area contributed by atoms with Crippen molar-refractivity contribution in [1.82, 2.24) is 0 Å². The molecular formula is C14H12Cl2O. The van der Waals surface area contributed by atoms with Crippen LogP contribution >= 0.6 is 23.2 Å². The zero-order valence-electron chi connectivity index (χ0n) is 9.16. The van der Waals surface area contributed by atoms with Crippen molar-refractivity contribution in [3.63, 3.8) is 0 Å². The second-order valence-corrected chi connectivity index (χ2v) is 4.69. The van der Waals surface area contributed by atoms with Gasteiger partial charge in [0.25, 0.3) is 0 Å². The molecule has 0 spiro atoms. The molecule has 0 unspecified atom stereocenters. The van der Waals surface area contributed by atoms with E-state index in [2.05, 4.69) is 0 Å². The Morgan fingerprint density at radius 1 is 0.882 bits per heavy atom. The van der Waals surface area contributed by atoms with E-state index >= 15 is 0 Å². The van der Waals surface area contributed by atoms with Gasteiger partial charge in [0.2, 0.25) is 0 Å². The van der Waals surface area contributed by atoms with Gasteiger partial charge >= 0.3 is 0 Å². The third-order valence-electron chi connectivity index (χ3n) is 2.66. The van der Waals surface area contributed by atoms with Crippen LogP contribution in [0.15, 0.2) is 42.5 Å². The smallest absolute Gasteiger partial charge is 0.118 e. The number of phenolic OH excluding ortho intramolecular Hbond substituents is 1. The number of hydrogen-bond acceptors (Lipinski definition) is 1. The molecule has 0 amide bonds. The van der Waals surface area contributed by atoms with Crippen LogP contribution in [-0.2, 0) is 12.8 Å². The van der Waals surface area contributed by atoms with Gasteiger partial charge in [0, 0.05) is 0 Å². The van der Waals surface area contributed by atoms with Gasteiger partial charge in [0.05, 0.1) is 10.0 Å². The molecule has 2 aromatic carbocycles. The molecule has 17 heavy (non-hydrogen) atoms. The van der Waals surface area contributed by atoms with Crippen LogP contribution in [0, 0.1) is 0 Å². The topological polar surface area (TPSA) is 20.2 Å². The second kappa shape index (κ2) is 5.44. The van der Waals surface area contributed by atoms with Crippen LogP contribution < -0.4 is 0 Å². The van der Waals surface area contributed by atoms with Crippen molar-refractivity contribution in [3.8, 4) is 5.75 Å². The van der Waals surface area contributed by atoms with E-state index in [1.165, 1.54) is 0 Å². The first-order valence-electron chi connectivity index (χ1n) is 5.37. The Labute approximate surface area is 111 Å². The molecule has 0 radical (unpaired) electrons. The SMILES string of the molecule is Oc1ccccc1CCc1ccc(Cl)c(Cl)c1. The van der Waals surface area contributed by atoms with Gasteiger partial charge in [0.15, 0.2) is 0 Å². The molecule has 0 heterocycles. The minimum absolute atomic E-state index is 0.340. The predicted molar refractivity (Wildman–Crippen MR) is 72.0 cm³/mol. The van der Waals surface area contributed by atoms with Crippen LogP contribution in [-0.4, -0.2) is 5.11 Å². The van der Waals surface area contributed by atoms with E-state index in [1.54, 1.807) is 12.1 Å². The highest BCUT2D eigenvalue weighted by Crippen LogP contribution is 2.24. The lowest BCUT2D eigenvalue weighted by atomic mass is 10.0. The second-order valence-electron chi connectivity index (χ2n) is 3.88. The van der Waals surface area contributed by atoms with Crippen molar-refractivity contribution in [3.05, 3.63) is 63.6 Å². The molecule has 2 rings (SSSR count). The van der Waals surface area contributed by atoms with Gasteiger partial charge in [-0.15, -0.1) is 0 Å². The summed E-state index contributed by atoms with van der Waals surface area (Å²) in [6, 6.07) is 13.0. The van der Waals surface area contributed by atoms with E-state index in [1.807, 2.05) is 30.3 Å². The van der Waals surface area contributed by atoms with Crippen molar-refractivity contribution in [2.24, 2.45) is 0 Å². The van der Waals surface area contributed by atoms with E-state index in [-0.39, 0.29) is 0 Å². The van der Waals surface area contributed by atoms with Gasteiger partial charge in [-0.1, -0.05) is 47.5 Å². The van der Waals surface area contributed by atoms with Crippen molar-refractivity contribution in [1.29, 1.82) is 0 Å². The summed E-state index contributed by atoms with van der Waals surface area (Å²) in [5.41, 5.74) is 2.06. The average Bonchev–Trinajstić information content (AvgIpc) is 2.32. The molecule has 0 atom stereocenters. The Balaban J connectivity index is 2.08. The standard InChI is InChI=1S/C14H12Cl2O/c15-12-8-6-10(9-13(12)16)5-7-11-3-1-2-4-14(11)17/h1-4,6,8-9,17H,5,7H2. The Morgan fingerprint density at radius 3 is 2.35 bits per heavy atom. The van der Waals surface area contributed by atoms with E-state index in [9.17, 15) is 5.11 Å². The minimum atomic E-state index is 0.340. The number of benzene rings is 2. The maximum atomic E-state index is 9.64. The highest BCUT2D eigenvalue weighted by atomic mass is 35.5. The normalized spacial score (nSPS) is 10.5. The summed E-state index contributed by atoms with van der Waals surface area (Å²) in [5, 5.41) is 10.8. The van der Waals surface area contributed by atoms with E-state index in [0.29, 0.717) is 15.8 Å². The maximum Gasteiger partial charge on any atom is 0.118 e. The molecule has 1 N–H and O–H groups in total. The minimum Gasteiger partial charge on any atom is -0.508 e. The first kappa shape index (κ1) is 12.3. The molecule has 2 aromatic rings. The Hall–Kier alpha value is -1.18. The number of aryl methyl sites for hydroxylation is 2. The summed E-state index contributed by atoms with van der Waals surface area (Å²) < 4.78 is 0. The number of aromatic hydroxyl groups is 1. The Kier molecular flexibility index (Phi) is 3.93. The summed E-state index contributed by atoms with van der Waals surface area (Å²) >= 11 is 11.8. The summed E-state index contributed by atoms with van der Waals surface area (Å²) in [5.74, 6) is 0.340. The van der Waals surface area contributed by atoms with Crippen molar-refractivity contribution >= 4 is 23.2 Å². The van der Waals surface area contributed by atoms with Crippen LogP contribution in [0.2, 0.25) is 10.0 Å². The lowest BCUT2D eigenvalue weighted by molar-refractivity contribution is 0.468. The number of phenols is 1. The number of halogens is 2. The average molecular weight is 267 g/mol. The molecule has 0 aliphatic heterocycles. The molecule has 0 fully saturated rings. The lowest BCUT2D eigenvalue weighted by Gasteiger charge is -2.05. The molecular weight excluding hydrogens is 255 g/mol. The molecule has 0 saturated carbocycles. The maximum absolute atomic E-state index is 9.64. The van der Waals surface area contributed by atoms with Crippen molar-refractivity contribution in [2.45, 2.75) is 12.8 Å². The van der Waals surface area contributed by atoms with Crippen LogP contribution in [0.1, 0.15) is 11.1 Å². The zero-order chi connectivity index (χ0) is 12.3. The number of hydrogen-bond donors (Lipinski definition) is 1. The van der Waals surface area contributed by atoms with E-state index in [4.69, 9.17) is 23.2 Å². The largest absolute Gasteiger partial charge is 0.508 e. The molecule has 88 valence electrons. The summed E-state index contributed by atoms with van der Waals surface area (Å²) in [4.78, 5) is 0. The van der Waals surface area contributed by atoms with Crippen molar-refractivity contribution < 1.29 is 5.11 Å². The van der Waals surface area contributed by atoms with Crippen LogP contribution in [0.3, 0.4) is 0 Å². The molecule has 0 aromatic heterocycles. The Bertz CT molecular complexity index is 523. The van der Waals surface area contributed by atoms with Gasteiger partial charge in [-0.25, -0.2) is 0 Å². The van der Waals surface area contributed by atoms with Gasteiger partial charge < -0.3 is 5.11 Å². The molecule has 0 aliphatic rings. The highest BCUT2D eigenvalue weighted by Gasteiger charge is 2.02. The monoisotopic (exact) mass is 266 g/mol. The van der Waals surface area contributed by atoms with E-state index in [0.717, 1.165) is 24.0 Å². The van der Waals surface area contributed by atoms with Crippen LogP contribution in [0.5, 0.6) is 5.75 Å². The van der Waals surface area contributed by atoms with Crippen LogP contribution in [0.25, 0.3) is 0 Å². The molecule has 0 saturated heterocycles. The molecule has 0 bridgehead atoms. The third-order valence-corrected chi connectivity index (χ3v) is 3.40. The fourth-order valence-corrected chi connectivity index (χ4v) is 2.02. The summed E-state index contributed by atoms with van der Waals surface area (Å²) in [6.45, 7) is 0. The summed E-state index contributed by atoms with van der Waals surface area (Å²) in [6.07, 6.45) is 1.61. The third kappa shape index (κ3) is 3.15. The predicted octanol–water partition coefficient (Wildman–Crippen LogP) is 4.48. The van der Waals surface area contributed by atoms with Gasteiger partial charge in [0.1, 0.15) is 5.75 Å². The fraction of sp³-hybridized carbons (Fsp3) is 0.143. The number of para-hydroxylation sites is 1. The molecule has 1 nitrogen and oxygen atoms in total. The molecule has 3 heteroatoms. The van der Waals surface area contributed by atoms with E-state index < -0.39 is 0 Å². The first-order valence-corrected chi connectivity index (χ1v) is 6.13. The Morgan fingerprint density at radius 2 is 1.65 bits per heavy atom. The first-order chi connectivity index (χ1) is 8.16. The van der Waals surface area contributed by atoms with Gasteiger partial charge in [-0.3, -0.25) is 0 Å². The summed E-state index contributed by atoms with van der Waals surface area (Å²) in [7, 11) is 0. The molecule has 0 aliphatic carbocycles. The van der Waals surface area contributed by atoms with Gasteiger partial charge in [-0.05, 0) is 42.2 Å². The quantitative estimate of drug-likeness (QED) is 0.869.